The fraction of sp³-hybridized carbons (Fsp3) is 1.00. The first-order valence-electron chi connectivity index (χ1n) is 3.19. The minimum atomic E-state index is 0. The number of fused-ring (bicyclic) bond motifs is 1. The van der Waals surface area contributed by atoms with Crippen molar-refractivity contribution < 1.29 is 4.74 Å². The lowest BCUT2D eigenvalue weighted by atomic mass is 10.1. The van der Waals surface area contributed by atoms with E-state index in [0.29, 0.717) is 12.1 Å². The molecular formula is C6H12ClNO. The minimum absolute atomic E-state index is 0. The van der Waals surface area contributed by atoms with Gasteiger partial charge in [0.1, 0.15) is 0 Å². The van der Waals surface area contributed by atoms with Crippen molar-refractivity contribution in [1.82, 2.24) is 5.32 Å². The molecule has 2 aliphatic heterocycles. The summed E-state index contributed by atoms with van der Waals surface area (Å²) in [5, 5.41) is 3.39. The Morgan fingerprint density at radius 2 is 2.11 bits per heavy atom. The molecule has 2 nitrogen and oxygen atoms in total. The van der Waals surface area contributed by atoms with E-state index >= 15 is 0 Å². The fourth-order valence-electron chi connectivity index (χ4n) is 1.71. The Morgan fingerprint density at radius 1 is 1.44 bits per heavy atom. The molecule has 0 amide bonds. The second-order valence-electron chi connectivity index (χ2n) is 2.72. The maximum atomic E-state index is 5.20. The molecular weight excluding hydrogens is 138 g/mol. The normalized spacial score (nSPS) is 45.7. The smallest absolute Gasteiger partial charge is 0.0739 e. The molecule has 2 saturated heterocycles. The number of ether oxygens (including phenoxy) is 1. The summed E-state index contributed by atoms with van der Waals surface area (Å²) in [6.07, 6.45) is 3.11. The van der Waals surface area contributed by atoms with Gasteiger partial charge in [-0.2, -0.15) is 0 Å². The highest BCUT2D eigenvalue weighted by Crippen LogP contribution is 2.31. The van der Waals surface area contributed by atoms with Gasteiger partial charge in [-0.1, -0.05) is 0 Å². The third-order valence-corrected chi connectivity index (χ3v) is 2.26. The van der Waals surface area contributed by atoms with Crippen LogP contribution in [0.3, 0.4) is 0 Å². The van der Waals surface area contributed by atoms with E-state index in [1.54, 1.807) is 7.11 Å². The molecule has 0 aromatic carbocycles. The van der Waals surface area contributed by atoms with Crippen molar-refractivity contribution in [3.63, 3.8) is 0 Å². The molecule has 3 aliphatic rings. The van der Waals surface area contributed by atoms with Crippen LogP contribution in [-0.2, 0) is 4.74 Å². The molecule has 3 heteroatoms. The van der Waals surface area contributed by atoms with Crippen LogP contribution in [0.4, 0.5) is 0 Å². The van der Waals surface area contributed by atoms with E-state index in [1.807, 2.05) is 0 Å². The molecule has 0 aromatic heterocycles. The van der Waals surface area contributed by atoms with Crippen molar-refractivity contribution in [3.05, 3.63) is 0 Å². The summed E-state index contributed by atoms with van der Waals surface area (Å²) in [5.74, 6) is 0. The third kappa shape index (κ3) is 0.955. The van der Waals surface area contributed by atoms with Gasteiger partial charge >= 0.3 is 0 Å². The lowest BCUT2D eigenvalue weighted by molar-refractivity contribution is 0.0968. The molecule has 2 heterocycles. The highest BCUT2D eigenvalue weighted by atomic mass is 35.5. The summed E-state index contributed by atoms with van der Waals surface area (Å²) in [5.41, 5.74) is 0. The van der Waals surface area contributed by atoms with E-state index in [1.165, 1.54) is 12.8 Å². The highest BCUT2D eigenvalue weighted by Gasteiger charge is 2.43. The average molecular weight is 150 g/mol. The molecule has 1 aliphatic carbocycles. The summed E-state index contributed by atoms with van der Waals surface area (Å²) < 4.78 is 5.20. The predicted octanol–water partition coefficient (Wildman–Crippen LogP) is 0.557. The van der Waals surface area contributed by atoms with Crippen LogP contribution in [0, 0.1) is 0 Å². The molecule has 0 aromatic rings. The minimum Gasteiger partial charge on any atom is -0.380 e. The van der Waals surface area contributed by atoms with Gasteiger partial charge in [0.15, 0.2) is 0 Å². The lowest BCUT2D eigenvalue weighted by Crippen LogP contribution is -2.46. The Bertz CT molecular complexity index is 103. The number of hydrogen-bond acceptors (Lipinski definition) is 2. The van der Waals surface area contributed by atoms with E-state index in [4.69, 9.17) is 4.74 Å². The molecule has 9 heavy (non-hydrogen) atoms. The van der Waals surface area contributed by atoms with Gasteiger partial charge in [0.05, 0.1) is 6.10 Å². The van der Waals surface area contributed by atoms with E-state index in [0.717, 1.165) is 6.04 Å². The van der Waals surface area contributed by atoms with Crippen LogP contribution >= 0.6 is 12.4 Å². The topological polar surface area (TPSA) is 21.3 Å². The Morgan fingerprint density at radius 3 is 2.33 bits per heavy atom. The fourth-order valence-corrected chi connectivity index (χ4v) is 1.71. The SMILES string of the molecule is CO[C@H]1C[C@@H]2C[C@H]1N2.Cl. The molecule has 1 N–H and O–H groups in total. The van der Waals surface area contributed by atoms with Crippen molar-refractivity contribution in [3.8, 4) is 0 Å². The summed E-state index contributed by atoms with van der Waals surface area (Å²) >= 11 is 0. The first-order valence-corrected chi connectivity index (χ1v) is 3.19. The molecule has 0 radical (unpaired) electrons. The van der Waals surface area contributed by atoms with Gasteiger partial charge < -0.3 is 10.1 Å². The van der Waals surface area contributed by atoms with Gasteiger partial charge in [-0.05, 0) is 12.8 Å². The Balaban J connectivity index is 0.000000405. The zero-order valence-electron chi connectivity index (χ0n) is 5.46. The van der Waals surface area contributed by atoms with Crippen LogP contribution < -0.4 is 5.32 Å². The number of rotatable bonds is 1. The van der Waals surface area contributed by atoms with Gasteiger partial charge in [0.25, 0.3) is 0 Å². The molecule has 0 spiro atoms. The molecule has 2 bridgehead atoms. The Hall–Kier alpha value is 0.210. The quantitative estimate of drug-likeness (QED) is 0.588. The van der Waals surface area contributed by atoms with Crippen LogP contribution in [0.5, 0.6) is 0 Å². The molecule has 54 valence electrons. The summed E-state index contributed by atoms with van der Waals surface area (Å²) in [7, 11) is 1.80. The maximum Gasteiger partial charge on any atom is 0.0739 e. The second-order valence-corrected chi connectivity index (χ2v) is 2.72. The Kier molecular flexibility index (Phi) is 1.99. The van der Waals surface area contributed by atoms with E-state index in [-0.39, 0.29) is 12.4 Å². The van der Waals surface area contributed by atoms with Crippen molar-refractivity contribution >= 4 is 12.4 Å². The third-order valence-electron chi connectivity index (χ3n) is 2.26. The number of hydrogen-bond donors (Lipinski definition) is 1. The zero-order valence-corrected chi connectivity index (χ0v) is 6.28. The first-order chi connectivity index (χ1) is 3.90. The van der Waals surface area contributed by atoms with Crippen molar-refractivity contribution in [2.45, 2.75) is 31.0 Å². The van der Waals surface area contributed by atoms with Gasteiger partial charge in [-0.3, -0.25) is 0 Å². The Labute approximate surface area is 61.4 Å². The molecule has 0 unspecified atom stereocenters. The van der Waals surface area contributed by atoms with Gasteiger partial charge in [0, 0.05) is 19.2 Å². The first kappa shape index (κ1) is 7.32. The van der Waals surface area contributed by atoms with Crippen LogP contribution in [0.15, 0.2) is 0 Å². The van der Waals surface area contributed by atoms with Crippen molar-refractivity contribution in [1.29, 1.82) is 0 Å². The molecule has 3 rings (SSSR count). The van der Waals surface area contributed by atoms with Crippen LogP contribution in [0.2, 0.25) is 0 Å². The maximum absolute atomic E-state index is 5.20. The second kappa shape index (κ2) is 2.45. The van der Waals surface area contributed by atoms with E-state index in [2.05, 4.69) is 5.32 Å². The summed E-state index contributed by atoms with van der Waals surface area (Å²) in [6.45, 7) is 0. The van der Waals surface area contributed by atoms with Crippen LogP contribution in [0.25, 0.3) is 0 Å². The molecule has 3 fully saturated rings. The molecule has 1 saturated carbocycles. The van der Waals surface area contributed by atoms with Gasteiger partial charge in [-0.25, -0.2) is 0 Å². The summed E-state index contributed by atoms with van der Waals surface area (Å²) in [6, 6.07) is 1.50. The number of methoxy groups -OCH3 is 1. The van der Waals surface area contributed by atoms with E-state index in [9.17, 15) is 0 Å². The molecule has 3 atom stereocenters. The van der Waals surface area contributed by atoms with Crippen LogP contribution in [0.1, 0.15) is 12.8 Å². The standard InChI is InChI=1S/C6H11NO.ClH/c1-8-6-3-4-2-5(6)7-4;/h4-7H,2-3H2,1H3;1H/t4-,5+,6-;/m0./s1. The monoisotopic (exact) mass is 149 g/mol. The largest absolute Gasteiger partial charge is 0.380 e. The summed E-state index contributed by atoms with van der Waals surface area (Å²) in [4.78, 5) is 0. The predicted molar refractivity (Wildman–Crippen MR) is 38.0 cm³/mol. The van der Waals surface area contributed by atoms with Crippen molar-refractivity contribution in [2.75, 3.05) is 7.11 Å². The average Bonchev–Trinajstić information content (AvgIpc) is 2.15. The van der Waals surface area contributed by atoms with E-state index < -0.39 is 0 Å². The number of halogens is 1. The van der Waals surface area contributed by atoms with Gasteiger partial charge in [-0.15, -0.1) is 12.4 Å². The van der Waals surface area contributed by atoms with Gasteiger partial charge in [0.2, 0.25) is 0 Å². The zero-order chi connectivity index (χ0) is 5.56. The lowest BCUT2D eigenvalue weighted by Gasteiger charge is -2.26. The highest BCUT2D eigenvalue weighted by molar-refractivity contribution is 5.85. The number of nitrogens with one attached hydrogen (secondary N) is 1. The van der Waals surface area contributed by atoms with Crippen molar-refractivity contribution in [2.24, 2.45) is 0 Å². The van der Waals surface area contributed by atoms with Crippen LogP contribution in [-0.4, -0.2) is 25.3 Å².